The smallest absolute Gasteiger partial charge is 0.231 e. The van der Waals surface area contributed by atoms with E-state index in [0.29, 0.717) is 17.9 Å². The van der Waals surface area contributed by atoms with E-state index in [2.05, 4.69) is 13.2 Å². The summed E-state index contributed by atoms with van der Waals surface area (Å²) < 4.78 is 57.7. The highest BCUT2D eigenvalue weighted by atomic mass is 32.2. The number of fused-ring (bicyclic) bond motifs is 1. The van der Waals surface area contributed by atoms with Crippen LogP contribution >= 0.6 is 0 Å². The fourth-order valence-electron chi connectivity index (χ4n) is 2.59. The molecule has 0 spiro atoms. The molecule has 27 heavy (non-hydrogen) atoms. The minimum Gasteiger partial charge on any atom is -0.454 e. The second kappa shape index (κ2) is 8.04. The average molecular weight is 416 g/mol. The van der Waals surface area contributed by atoms with Gasteiger partial charge in [-0.3, -0.25) is 4.90 Å². The summed E-state index contributed by atoms with van der Waals surface area (Å²) in [5, 5.41) is 0. The average Bonchev–Trinajstić information content (AvgIpc) is 2.99. The second-order valence-corrected chi connectivity index (χ2v) is 11.0. The molecule has 9 heteroatoms. The highest BCUT2D eigenvalue weighted by Gasteiger charge is 2.23. The minimum atomic E-state index is -3.44. The van der Waals surface area contributed by atoms with Gasteiger partial charge < -0.3 is 9.47 Å². The van der Waals surface area contributed by atoms with Crippen molar-refractivity contribution in [2.45, 2.75) is 19.4 Å². The van der Waals surface area contributed by atoms with Gasteiger partial charge in [0.05, 0.1) is 9.81 Å². The Kier molecular flexibility index (Phi) is 6.39. The summed E-state index contributed by atoms with van der Waals surface area (Å²) in [5.41, 5.74) is 0.965. The molecule has 150 valence electrons. The standard InChI is InChI=1S/C18H25NO6S2/c1-13(8-16-6-7-17-18(9-16)25-12-24-17)19(10-14(2)26(4,20)21)11-15(3)27(5,22)23/h6-7,9,13H,2-3,8,10-12H2,1,4-5H3. The lowest BCUT2D eigenvalue weighted by molar-refractivity contribution is 0.174. The molecule has 0 fully saturated rings. The van der Waals surface area contributed by atoms with E-state index < -0.39 is 19.7 Å². The number of rotatable bonds is 9. The fraction of sp³-hybridized carbons (Fsp3) is 0.444. The molecule has 7 nitrogen and oxygen atoms in total. The first-order valence-corrected chi connectivity index (χ1v) is 12.0. The van der Waals surface area contributed by atoms with E-state index in [1.54, 1.807) is 4.90 Å². The minimum absolute atomic E-state index is 0.0269. The third-order valence-corrected chi connectivity index (χ3v) is 6.75. The van der Waals surface area contributed by atoms with Gasteiger partial charge in [-0.25, -0.2) is 16.8 Å². The first-order chi connectivity index (χ1) is 12.4. The number of benzene rings is 1. The summed E-state index contributed by atoms with van der Waals surface area (Å²) in [6.45, 7) is 9.39. The quantitative estimate of drug-likeness (QED) is 0.607. The van der Waals surface area contributed by atoms with E-state index in [0.717, 1.165) is 18.1 Å². The highest BCUT2D eigenvalue weighted by Crippen LogP contribution is 2.33. The predicted molar refractivity (Wildman–Crippen MR) is 105 cm³/mol. The van der Waals surface area contributed by atoms with Crippen molar-refractivity contribution in [1.29, 1.82) is 0 Å². The third kappa shape index (κ3) is 5.82. The summed E-state index contributed by atoms with van der Waals surface area (Å²) in [5.74, 6) is 1.34. The van der Waals surface area contributed by atoms with E-state index in [-0.39, 0.29) is 35.7 Å². The molecule has 1 aliphatic rings. The molecule has 1 aromatic rings. The monoisotopic (exact) mass is 415 g/mol. The molecule has 0 radical (unpaired) electrons. The molecule has 0 saturated heterocycles. The Hall–Kier alpha value is -1.84. The molecular weight excluding hydrogens is 390 g/mol. The van der Waals surface area contributed by atoms with Crippen LogP contribution in [0.2, 0.25) is 0 Å². The van der Waals surface area contributed by atoms with Crippen LogP contribution in [0.3, 0.4) is 0 Å². The molecule has 0 saturated carbocycles. The first kappa shape index (κ1) is 21.5. The van der Waals surface area contributed by atoms with Gasteiger partial charge in [0.1, 0.15) is 0 Å². The lowest BCUT2D eigenvalue weighted by Crippen LogP contribution is -2.39. The van der Waals surface area contributed by atoms with E-state index in [1.807, 2.05) is 25.1 Å². The van der Waals surface area contributed by atoms with Gasteiger partial charge in [0.15, 0.2) is 31.2 Å². The number of hydrogen-bond acceptors (Lipinski definition) is 7. The zero-order valence-electron chi connectivity index (χ0n) is 15.8. The van der Waals surface area contributed by atoms with Crippen molar-refractivity contribution in [1.82, 2.24) is 4.90 Å². The van der Waals surface area contributed by atoms with Crippen molar-refractivity contribution in [2.75, 3.05) is 32.4 Å². The van der Waals surface area contributed by atoms with Gasteiger partial charge in [0.2, 0.25) is 6.79 Å². The van der Waals surface area contributed by atoms with Crippen molar-refractivity contribution in [3.8, 4) is 11.5 Å². The van der Waals surface area contributed by atoms with Crippen LogP contribution in [0.25, 0.3) is 0 Å². The Morgan fingerprint density at radius 2 is 1.56 bits per heavy atom. The molecule has 1 heterocycles. The molecule has 1 aromatic carbocycles. The largest absolute Gasteiger partial charge is 0.454 e. The Balaban J connectivity index is 2.20. The van der Waals surface area contributed by atoms with Gasteiger partial charge in [-0.15, -0.1) is 0 Å². The normalized spacial score (nSPS) is 15.0. The first-order valence-electron chi connectivity index (χ1n) is 8.26. The van der Waals surface area contributed by atoms with Crippen molar-refractivity contribution >= 4 is 19.7 Å². The van der Waals surface area contributed by atoms with Crippen LogP contribution in [0, 0.1) is 0 Å². The molecular formula is C18H25NO6S2. The van der Waals surface area contributed by atoms with Gasteiger partial charge in [-0.05, 0) is 31.0 Å². The molecule has 1 unspecified atom stereocenters. The summed E-state index contributed by atoms with van der Waals surface area (Å²) in [6.07, 6.45) is 2.73. The molecule has 0 aromatic heterocycles. The zero-order chi connectivity index (χ0) is 20.4. The second-order valence-electron chi connectivity index (χ2n) is 6.77. The zero-order valence-corrected chi connectivity index (χ0v) is 17.4. The Morgan fingerprint density at radius 3 is 2.07 bits per heavy atom. The highest BCUT2D eigenvalue weighted by molar-refractivity contribution is 7.94. The van der Waals surface area contributed by atoms with Crippen molar-refractivity contribution in [3.05, 3.63) is 46.7 Å². The lowest BCUT2D eigenvalue weighted by atomic mass is 10.1. The van der Waals surface area contributed by atoms with Crippen LogP contribution in [-0.4, -0.2) is 60.2 Å². The van der Waals surface area contributed by atoms with E-state index in [1.165, 1.54) is 0 Å². The van der Waals surface area contributed by atoms with Crippen molar-refractivity contribution in [2.24, 2.45) is 0 Å². The maximum absolute atomic E-state index is 11.8. The van der Waals surface area contributed by atoms with Crippen molar-refractivity contribution in [3.63, 3.8) is 0 Å². The molecule has 1 atom stereocenters. The van der Waals surface area contributed by atoms with Crippen LogP contribution < -0.4 is 9.47 Å². The number of sulfone groups is 2. The van der Waals surface area contributed by atoms with Crippen LogP contribution in [0.1, 0.15) is 12.5 Å². The Morgan fingerprint density at radius 1 is 1.04 bits per heavy atom. The van der Waals surface area contributed by atoms with Gasteiger partial charge >= 0.3 is 0 Å². The molecule has 2 rings (SSSR count). The predicted octanol–water partition coefficient (Wildman–Crippen LogP) is 1.76. The fourth-order valence-corrected chi connectivity index (χ4v) is 3.39. The Bertz CT molecular complexity index is 904. The van der Waals surface area contributed by atoms with Gasteiger partial charge in [0.25, 0.3) is 0 Å². The number of ether oxygens (including phenoxy) is 2. The SMILES string of the molecule is C=C(CN(CC(=C)S(C)(=O)=O)C(C)Cc1ccc2c(c1)OCO2)S(C)(=O)=O. The van der Waals surface area contributed by atoms with Gasteiger partial charge in [-0.2, -0.15) is 0 Å². The topological polar surface area (TPSA) is 90.0 Å². The maximum Gasteiger partial charge on any atom is 0.231 e. The summed E-state index contributed by atoms with van der Waals surface area (Å²) in [6, 6.07) is 5.43. The maximum atomic E-state index is 11.8. The summed E-state index contributed by atoms with van der Waals surface area (Å²) in [7, 11) is -6.87. The Labute approximate surface area is 161 Å². The van der Waals surface area contributed by atoms with Crippen LogP contribution in [0.5, 0.6) is 11.5 Å². The molecule has 0 amide bonds. The van der Waals surface area contributed by atoms with Crippen LogP contribution in [0.4, 0.5) is 0 Å². The number of nitrogens with zero attached hydrogens (tertiary/aromatic N) is 1. The molecule has 0 bridgehead atoms. The molecule has 0 N–H and O–H groups in total. The van der Waals surface area contributed by atoms with E-state index >= 15 is 0 Å². The van der Waals surface area contributed by atoms with Gasteiger partial charge in [-0.1, -0.05) is 19.2 Å². The molecule has 0 aliphatic carbocycles. The van der Waals surface area contributed by atoms with E-state index in [4.69, 9.17) is 9.47 Å². The van der Waals surface area contributed by atoms with Crippen LogP contribution in [0.15, 0.2) is 41.2 Å². The van der Waals surface area contributed by atoms with Crippen molar-refractivity contribution < 1.29 is 26.3 Å². The lowest BCUT2D eigenvalue weighted by Gasteiger charge is -2.30. The summed E-state index contributed by atoms with van der Waals surface area (Å²) >= 11 is 0. The number of hydrogen-bond donors (Lipinski definition) is 0. The van der Waals surface area contributed by atoms with Crippen LogP contribution in [-0.2, 0) is 26.1 Å². The van der Waals surface area contributed by atoms with E-state index in [9.17, 15) is 16.8 Å². The molecule has 1 aliphatic heterocycles. The van der Waals surface area contributed by atoms with Gasteiger partial charge in [0, 0.05) is 31.6 Å². The summed E-state index contributed by atoms with van der Waals surface area (Å²) in [4.78, 5) is 1.81. The third-order valence-electron chi connectivity index (χ3n) is 4.40.